The Bertz CT molecular complexity index is 429. The molecule has 5 heteroatoms. The first kappa shape index (κ1) is 20.4. The molecule has 0 aliphatic carbocycles. The number of nitrogens with one attached hydrogen (secondary N) is 1. The van der Waals surface area contributed by atoms with E-state index in [9.17, 15) is 14.7 Å². The van der Waals surface area contributed by atoms with Gasteiger partial charge in [-0.2, -0.15) is 0 Å². The average molecular weight is 301 g/mol. The Morgan fingerprint density at radius 3 is 2.14 bits per heavy atom. The number of H-pyrrole nitrogens is 1. The van der Waals surface area contributed by atoms with Crippen molar-refractivity contribution >= 4 is 11.8 Å². The van der Waals surface area contributed by atoms with E-state index in [1.165, 1.54) is 50.8 Å². The Labute approximate surface area is 149 Å². The van der Waals surface area contributed by atoms with Crippen LogP contribution in [0.25, 0.3) is 0 Å². The van der Waals surface area contributed by atoms with Crippen LogP contribution >= 0.6 is 0 Å². The number of Topliss-reactive ketones (excluding diaryl/α,β-unsaturated/α-hetero) is 1. The molecule has 0 radical (unpaired) electrons. The molecule has 21 heavy (non-hydrogen) atoms. The summed E-state index contributed by atoms with van der Waals surface area (Å²) < 4.78 is 0. The van der Waals surface area contributed by atoms with Crippen LogP contribution in [0.15, 0.2) is 12.3 Å². The number of aromatic carboxylic acids is 1. The molecule has 0 saturated heterocycles. The number of carbonyl (C=O) groups excluding carboxylic acids is 2. The summed E-state index contributed by atoms with van der Waals surface area (Å²) >= 11 is 0. The van der Waals surface area contributed by atoms with Crippen LogP contribution in [-0.4, -0.2) is 16.7 Å². The topological polar surface area (TPSA) is 73.0 Å². The molecular weight excluding hydrogens is 277 g/mol. The van der Waals surface area contributed by atoms with Crippen molar-refractivity contribution in [2.24, 2.45) is 0 Å². The van der Waals surface area contributed by atoms with E-state index in [0.717, 1.165) is 12.8 Å². The predicted molar refractivity (Wildman–Crippen MR) is 76.7 cm³/mol. The normalized spacial score (nSPS) is 10.1. The van der Waals surface area contributed by atoms with Gasteiger partial charge in [-0.25, -0.2) is 0 Å². The van der Waals surface area contributed by atoms with E-state index < -0.39 is 5.97 Å². The zero-order chi connectivity index (χ0) is 14.8. The molecule has 0 saturated carbocycles. The molecule has 0 unspecified atom stereocenters. The van der Waals surface area contributed by atoms with Crippen LogP contribution in [0.2, 0.25) is 0 Å². The number of unbranched alkanes of at least 4 members (excludes halogenated alkanes) is 7. The van der Waals surface area contributed by atoms with Crippen molar-refractivity contribution in [3.63, 3.8) is 0 Å². The van der Waals surface area contributed by atoms with Crippen molar-refractivity contribution in [2.45, 2.75) is 64.7 Å². The third kappa shape index (κ3) is 8.44. The molecule has 1 rings (SSSR count). The second-order valence-electron chi connectivity index (χ2n) is 5.24. The smallest absolute Gasteiger partial charge is 0.543 e. The first-order valence-electron chi connectivity index (χ1n) is 7.58. The molecule has 0 aliphatic heterocycles. The van der Waals surface area contributed by atoms with E-state index >= 15 is 0 Å². The first-order valence-corrected chi connectivity index (χ1v) is 7.58. The number of hydrogen-bond acceptors (Lipinski definition) is 3. The third-order valence-corrected chi connectivity index (χ3v) is 3.48. The van der Waals surface area contributed by atoms with Crippen LogP contribution in [0, 0.1) is 0 Å². The Morgan fingerprint density at radius 1 is 1.05 bits per heavy atom. The summed E-state index contributed by atoms with van der Waals surface area (Å²) in [5, 5.41) is 10.6. The van der Waals surface area contributed by atoms with Crippen LogP contribution in [0.5, 0.6) is 0 Å². The fourth-order valence-corrected chi connectivity index (χ4v) is 2.24. The van der Waals surface area contributed by atoms with Crippen molar-refractivity contribution in [2.75, 3.05) is 0 Å². The predicted octanol–water partition coefficient (Wildman–Crippen LogP) is 0.0957. The van der Waals surface area contributed by atoms with E-state index in [0.29, 0.717) is 12.0 Å². The summed E-state index contributed by atoms with van der Waals surface area (Å²) in [6, 6.07) is 1.35. The number of aromatic nitrogens is 1. The van der Waals surface area contributed by atoms with E-state index in [1.54, 1.807) is 0 Å². The zero-order valence-corrected chi connectivity index (χ0v) is 15.2. The number of aromatic amines is 1. The van der Waals surface area contributed by atoms with Crippen LogP contribution < -0.4 is 34.7 Å². The maximum atomic E-state index is 11.8. The summed E-state index contributed by atoms with van der Waals surface area (Å²) in [7, 11) is 0. The molecule has 1 heterocycles. The standard InChI is InChI=1S/C16H25NO3.Na/c1-2-3-4-5-6-7-8-9-10-15(18)13-11-14(16(19)20)17-12-13;/h11-12,17H,2-10H2,1H3,(H,19,20);/q;+1/p-1. The van der Waals surface area contributed by atoms with Crippen molar-refractivity contribution in [1.82, 2.24) is 4.98 Å². The van der Waals surface area contributed by atoms with Gasteiger partial charge in [-0.3, -0.25) is 4.79 Å². The summed E-state index contributed by atoms with van der Waals surface area (Å²) in [6.07, 6.45) is 11.5. The number of ketones is 1. The molecule has 1 N–H and O–H groups in total. The summed E-state index contributed by atoms with van der Waals surface area (Å²) in [5.74, 6) is -1.28. The molecule has 0 aromatic carbocycles. The van der Waals surface area contributed by atoms with Crippen molar-refractivity contribution in [3.8, 4) is 0 Å². The summed E-state index contributed by atoms with van der Waals surface area (Å²) in [5.41, 5.74) is 0.399. The van der Waals surface area contributed by atoms with Gasteiger partial charge in [0.2, 0.25) is 0 Å². The molecule has 1 aromatic rings. The van der Waals surface area contributed by atoms with Crippen LogP contribution in [0.1, 0.15) is 85.6 Å². The number of carbonyl (C=O) groups is 2. The van der Waals surface area contributed by atoms with E-state index in [1.807, 2.05) is 0 Å². The SMILES string of the molecule is CCCCCCCCCCC(=O)c1c[nH]c(C(=O)[O-])c1.[Na+]. The Balaban J connectivity index is 0.00000400. The van der Waals surface area contributed by atoms with Gasteiger partial charge >= 0.3 is 29.6 Å². The minimum absolute atomic E-state index is 0. The molecule has 0 aliphatic rings. The third-order valence-electron chi connectivity index (χ3n) is 3.48. The van der Waals surface area contributed by atoms with Gasteiger partial charge in [0.1, 0.15) is 0 Å². The van der Waals surface area contributed by atoms with Gasteiger partial charge in [0.05, 0.1) is 11.7 Å². The molecule has 0 atom stereocenters. The van der Waals surface area contributed by atoms with Gasteiger partial charge in [0.15, 0.2) is 5.78 Å². The largest absolute Gasteiger partial charge is 1.00 e. The van der Waals surface area contributed by atoms with Gasteiger partial charge in [-0.1, -0.05) is 51.9 Å². The molecular formula is C16H24NNaO3. The van der Waals surface area contributed by atoms with Crippen molar-refractivity contribution in [1.29, 1.82) is 0 Å². The molecule has 4 nitrogen and oxygen atoms in total. The van der Waals surface area contributed by atoms with Crippen molar-refractivity contribution < 1.29 is 44.3 Å². The molecule has 0 fully saturated rings. The monoisotopic (exact) mass is 301 g/mol. The molecule has 112 valence electrons. The second-order valence-corrected chi connectivity index (χ2v) is 5.24. The Hall–Kier alpha value is -0.580. The summed E-state index contributed by atoms with van der Waals surface area (Å²) in [4.78, 5) is 24.9. The maximum Gasteiger partial charge on any atom is 1.00 e. The fraction of sp³-hybridized carbons (Fsp3) is 0.625. The molecule has 0 amide bonds. The summed E-state index contributed by atoms with van der Waals surface area (Å²) in [6.45, 7) is 2.21. The molecule has 0 bridgehead atoms. The molecule has 1 aromatic heterocycles. The van der Waals surface area contributed by atoms with Gasteiger partial charge in [-0.15, -0.1) is 0 Å². The Kier molecular flexibility index (Phi) is 11.7. The van der Waals surface area contributed by atoms with Crippen LogP contribution in [0.3, 0.4) is 0 Å². The van der Waals surface area contributed by atoms with E-state index in [-0.39, 0.29) is 41.0 Å². The number of carboxylic acids is 1. The average Bonchev–Trinajstić information content (AvgIpc) is 2.91. The minimum Gasteiger partial charge on any atom is -0.543 e. The van der Waals surface area contributed by atoms with Gasteiger partial charge in [0.25, 0.3) is 0 Å². The first-order chi connectivity index (χ1) is 9.65. The minimum atomic E-state index is -1.28. The zero-order valence-electron chi connectivity index (χ0n) is 13.2. The quantitative estimate of drug-likeness (QED) is 0.358. The maximum absolute atomic E-state index is 11.8. The van der Waals surface area contributed by atoms with E-state index in [2.05, 4.69) is 11.9 Å². The van der Waals surface area contributed by atoms with E-state index in [4.69, 9.17) is 0 Å². The van der Waals surface area contributed by atoms with Crippen molar-refractivity contribution in [3.05, 3.63) is 23.5 Å². The number of carboxylic acid groups (broad SMARTS) is 1. The van der Waals surface area contributed by atoms with Gasteiger partial charge in [-0.05, 0) is 12.5 Å². The second kappa shape index (κ2) is 12.0. The molecule has 0 spiro atoms. The number of hydrogen-bond donors (Lipinski definition) is 1. The van der Waals surface area contributed by atoms with Gasteiger partial charge in [0, 0.05) is 18.2 Å². The number of rotatable bonds is 11. The van der Waals surface area contributed by atoms with Gasteiger partial charge < -0.3 is 14.9 Å². The Morgan fingerprint density at radius 2 is 1.62 bits per heavy atom. The fourth-order valence-electron chi connectivity index (χ4n) is 2.24. The van der Waals surface area contributed by atoms with Crippen LogP contribution in [0.4, 0.5) is 0 Å². The van der Waals surface area contributed by atoms with Crippen LogP contribution in [-0.2, 0) is 0 Å².